The lowest BCUT2D eigenvalue weighted by molar-refractivity contribution is -0.121. The first-order valence-electron chi connectivity index (χ1n) is 11.1. The number of para-hydroxylation sites is 2. The van der Waals surface area contributed by atoms with Crippen LogP contribution in [0.2, 0.25) is 0 Å². The number of nitrogens with one attached hydrogen (secondary N) is 1. The summed E-state index contributed by atoms with van der Waals surface area (Å²) >= 11 is 0. The minimum absolute atomic E-state index is 0.128. The summed E-state index contributed by atoms with van der Waals surface area (Å²) in [5.74, 6) is 1.48. The summed E-state index contributed by atoms with van der Waals surface area (Å²) in [5, 5.41) is 3.04. The second-order valence-corrected chi connectivity index (χ2v) is 10.4. The molecule has 1 atom stereocenters. The largest absolute Gasteiger partial charge is 0.496 e. The number of amides is 1. The molecule has 1 amide bonds. The third-order valence-corrected chi connectivity index (χ3v) is 6.78. The standard InChI is InChI=1S/C25H36N2O5S/c1-17(2)20-16-21(18(3)15-24(20)32-6)19(4)26-25(28)13-10-14-27(33(7,29)30)22-11-8-9-12-23(22)31-5/h8-9,11-12,15-17,19H,10,13-14H2,1-7H3,(H,26,28)/t19-/m1/s1. The molecule has 2 aromatic carbocycles. The van der Waals surface area contributed by atoms with Gasteiger partial charge < -0.3 is 14.8 Å². The molecule has 2 rings (SSSR count). The van der Waals surface area contributed by atoms with Gasteiger partial charge in [-0.05, 0) is 67.1 Å². The van der Waals surface area contributed by atoms with Crippen LogP contribution in [-0.4, -0.2) is 41.3 Å². The van der Waals surface area contributed by atoms with Crippen LogP contribution < -0.4 is 19.1 Å². The smallest absolute Gasteiger partial charge is 0.232 e. The van der Waals surface area contributed by atoms with E-state index >= 15 is 0 Å². The number of benzene rings is 2. The SMILES string of the molecule is COc1cc(C)c([C@@H](C)NC(=O)CCCN(c2ccccc2OC)S(C)(=O)=O)cc1C(C)C. The van der Waals surface area contributed by atoms with Crippen LogP contribution in [0.3, 0.4) is 0 Å². The average Bonchev–Trinajstić information content (AvgIpc) is 2.75. The Morgan fingerprint density at radius 1 is 1.03 bits per heavy atom. The van der Waals surface area contributed by atoms with Crippen molar-refractivity contribution in [2.75, 3.05) is 31.3 Å². The number of anilines is 1. The van der Waals surface area contributed by atoms with E-state index in [0.717, 1.165) is 28.7 Å². The highest BCUT2D eigenvalue weighted by Crippen LogP contribution is 2.32. The molecule has 2 aromatic rings. The molecule has 0 unspecified atom stereocenters. The molecule has 0 aromatic heterocycles. The third kappa shape index (κ3) is 6.87. The molecule has 8 heteroatoms. The molecule has 0 aliphatic heterocycles. The fourth-order valence-electron chi connectivity index (χ4n) is 3.89. The number of methoxy groups -OCH3 is 2. The van der Waals surface area contributed by atoms with Crippen LogP contribution in [0.5, 0.6) is 11.5 Å². The Bertz CT molecular complexity index is 1070. The lowest BCUT2D eigenvalue weighted by atomic mass is 9.93. The predicted molar refractivity (Wildman–Crippen MR) is 133 cm³/mol. The van der Waals surface area contributed by atoms with Crippen LogP contribution in [0.15, 0.2) is 36.4 Å². The number of sulfonamides is 1. The lowest BCUT2D eigenvalue weighted by Crippen LogP contribution is -2.33. The summed E-state index contributed by atoms with van der Waals surface area (Å²) in [4.78, 5) is 12.6. The molecule has 0 spiro atoms. The van der Waals surface area contributed by atoms with Crippen molar-refractivity contribution in [3.8, 4) is 11.5 Å². The van der Waals surface area contributed by atoms with E-state index in [1.165, 1.54) is 11.4 Å². The Morgan fingerprint density at radius 3 is 2.24 bits per heavy atom. The quantitative estimate of drug-likeness (QED) is 0.514. The molecular formula is C25H36N2O5S. The molecule has 1 N–H and O–H groups in total. The number of nitrogens with zero attached hydrogens (tertiary/aromatic N) is 1. The number of rotatable bonds is 11. The van der Waals surface area contributed by atoms with Crippen molar-refractivity contribution in [1.82, 2.24) is 5.32 Å². The first kappa shape index (κ1) is 26.5. The summed E-state index contributed by atoms with van der Waals surface area (Å²) in [6, 6.07) is 10.9. The molecule has 0 saturated heterocycles. The molecular weight excluding hydrogens is 440 g/mol. The van der Waals surface area contributed by atoms with E-state index in [-0.39, 0.29) is 24.9 Å². The zero-order valence-electron chi connectivity index (χ0n) is 20.6. The van der Waals surface area contributed by atoms with Crippen LogP contribution in [0.25, 0.3) is 0 Å². The molecule has 0 bridgehead atoms. The van der Waals surface area contributed by atoms with Crippen molar-refractivity contribution in [2.24, 2.45) is 0 Å². The molecule has 0 radical (unpaired) electrons. The van der Waals surface area contributed by atoms with Gasteiger partial charge in [0, 0.05) is 13.0 Å². The van der Waals surface area contributed by atoms with E-state index in [4.69, 9.17) is 9.47 Å². The zero-order chi connectivity index (χ0) is 24.8. The van der Waals surface area contributed by atoms with Gasteiger partial charge in [-0.25, -0.2) is 8.42 Å². The Hall–Kier alpha value is -2.74. The van der Waals surface area contributed by atoms with Gasteiger partial charge in [-0.3, -0.25) is 9.10 Å². The van der Waals surface area contributed by atoms with Crippen LogP contribution in [0.4, 0.5) is 5.69 Å². The number of carbonyl (C=O) groups is 1. The van der Waals surface area contributed by atoms with E-state index in [1.807, 2.05) is 19.9 Å². The monoisotopic (exact) mass is 476 g/mol. The van der Waals surface area contributed by atoms with Gasteiger partial charge in [0.2, 0.25) is 15.9 Å². The van der Waals surface area contributed by atoms with Crippen molar-refractivity contribution in [3.63, 3.8) is 0 Å². The molecule has 0 aliphatic rings. The minimum atomic E-state index is -3.53. The maximum atomic E-state index is 12.6. The third-order valence-electron chi connectivity index (χ3n) is 5.60. The maximum absolute atomic E-state index is 12.6. The average molecular weight is 477 g/mol. The van der Waals surface area contributed by atoms with Crippen LogP contribution >= 0.6 is 0 Å². The van der Waals surface area contributed by atoms with Crippen molar-refractivity contribution < 1.29 is 22.7 Å². The summed E-state index contributed by atoms with van der Waals surface area (Å²) in [7, 11) is -0.367. The van der Waals surface area contributed by atoms with Gasteiger partial charge in [0.05, 0.1) is 32.2 Å². The van der Waals surface area contributed by atoms with Crippen LogP contribution in [0.1, 0.15) is 62.3 Å². The van der Waals surface area contributed by atoms with Crippen LogP contribution in [0, 0.1) is 6.92 Å². The Morgan fingerprint density at radius 2 is 1.67 bits per heavy atom. The summed E-state index contributed by atoms with van der Waals surface area (Å²) < 4.78 is 36.9. The van der Waals surface area contributed by atoms with E-state index < -0.39 is 10.0 Å². The lowest BCUT2D eigenvalue weighted by Gasteiger charge is -2.24. The number of aryl methyl sites for hydroxylation is 1. The summed E-state index contributed by atoms with van der Waals surface area (Å²) in [6.07, 6.45) is 1.74. The zero-order valence-corrected chi connectivity index (χ0v) is 21.5. The van der Waals surface area contributed by atoms with Gasteiger partial charge in [-0.15, -0.1) is 0 Å². The molecule has 0 aliphatic carbocycles. The molecule has 0 saturated carbocycles. The van der Waals surface area contributed by atoms with Crippen molar-refractivity contribution >= 4 is 21.6 Å². The van der Waals surface area contributed by atoms with Gasteiger partial charge in [0.15, 0.2) is 0 Å². The fourth-order valence-corrected chi connectivity index (χ4v) is 4.85. The van der Waals surface area contributed by atoms with Gasteiger partial charge in [-0.2, -0.15) is 0 Å². The van der Waals surface area contributed by atoms with Gasteiger partial charge >= 0.3 is 0 Å². The second kappa shape index (κ2) is 11.4. The molecule has 0 fully saturated rings. The maximum Gasteiger partial charge on any atom is 0.232 e. The van der Waals surface area contributed by atoms with Crippen molar-refractivity contribution in [3.05, 3.63) is 53.1 Å². The first-order chi connectivity index (χ1) is 15.5. The van der Waals surface area contributed by atoms with Crippen molar-refractivity contribution in [2.45, 2.75) is 52.5 Å². The first-order valence-corrected chi connectivity index (χ1v) is 12.9. The van der Waals surface area contributed by atoms with Gasteiger partial charge in [-0.1, -0.05) is 26.0 Å². The highest BCUT2D eigenvalue weighted by atomic mass is 32.2. The van der Waals surface area contributed by atoms with Gasteiger partial charge in [0.25, 0.3) is 0 Å². The molecule has 0 heterocycles. The molecule has 7 nitrogen and oxygen atoms in total. The Balaban J connectivity index is 2.07. The molecule has 33 heavy (non-hydrogen) atoms. The number of ether oxygens (including phenoxy) is 2. The van der Waals surface area contributed by atoms with E-state index in [9.17, 15) is 13.2 Å². The fraction of sp³-hybridized carbons (Fsp3) is 0.480. The minimum Gasteiger partial charge on any atom is -0.496 e. The number of hydrogen-bond donors (Lipinski definition) is 1. The van der Waals surface area contributed by atoms with Gasteiger partial charge in [0.1, 0.15) is 11.5 Å². The van der Waals surface area contributed by atoms with E-state index in [2.05, 4.69) is 25.2 Å². The topological polar surface area (TPSA) is 84.9 Å². The van der Waals surface area contributed by atoms with Crippen molar-refractivity contribution in [1.29, 1.82) is 0 Å². The second-order valence-electron chi connectivity index (χ2n) is 8.51. The predicted octanol–water partition coefficient (Wildman–Crippen LogP) is 4.56. The molecule has 182 valence electrons. The summed E-state index contributed by atoms with van der Waals surface area (Å²) in [6.45, 7) is 8.35. The Kier molecular flexibility index (Phi) is 9.16. The highest BCUT2D eigenvalue weighted by molar-refractivity contribution is 7.92. The van der Waals surface area contributed by atoms with E-state index in [1.54, 1.807) is 31.4 Å². The van der Waals surface area contributed by atoms with E-state index in [0.29, 0.717) is 23.8 Å². The van der Waals surface area contributed by atoms with Crippen LogP contribution in [-0.2, 0) is 14.8 Å². The number of carbonyl (C=O) groups excluding carboxylic acids is 1. The summed E-state index contributed by atoms with van der Waals surface area (Å²) in [5.41, 5.74) is 3.65. The Labute approximate surface area is 198 Å². The normalized spacial score (nSPS) is 12.4. The number of hydrogen-bond acceptors (Lipinski definition) is 5. The highest BCUT2D eigenvalue weighted by Gasteiger charge is 2.21.